The molecule has 98 valence electrons. The number of aryl methyl sites for hydroxylation is 1. The first-order valence-electron chi connectivity index (χ1n) is 6.01. The Morgan fingerprint density at radius 2 is 2.28 bits per heavy atom. The molecule has 0 aliphatic heterocycles. The molecule has 1 N–H and O–H groups in total. The van der Waals surface area contributed by atoms with Gasteiger partial charge in [0.25, 0.3) is 0 Å². The molecule has 1 fully saturated rings. The predicted octanol–water partition coefficient (Wildman–Crippen LogP) is 2.16. The van der Waals surface area contributed by atoms with Crippen LogP contribution in [0, 0.1) is 6.92 Å². The number of aromatic nitrogens is 1. The average Bonchev–Trinajstić information content (AvgIpc) is 2.73. The van der Waals surface area contributed by atoms with Crippen LogP contribution in [-0.4, -0.2) is 29.3 Å². The van der Waals surface area contributed by atoms with Crippen LogP contribution < -0.4 is 5.32 Å². The number of hydrogen-bond donors (Lipinski definition) is 1. The van der Waals surface area contributed by atoms with E-state index in [2.05, 4.69) is 9.69 Å². The van der Waals surface area contributed by atoms with E-state index < -0.39 is 12.1 Å². The molecule has 0 spiro atoms. The molecule has 2 rings (SSSR count). The second kappa shape index (κ2) is 5.48. The minimum absolute atomic E-state index is 0.0291. The van der Waals surface area contributed by atoms with Gasteiger partial charge in [-0.3, -0.25) is 4.79 Å². The highest BCUT2D eigenvalue weighted by atomic mass is 32.1. The van der Waals surface area contributed by atoms with Crippen molar-refractivity contribution >= 4 is 28.3 Å². The first kappa shape index (κ1) is 13.0. The van der Waals surface area contributed by atoms with Crippen LogP contribution in [-0.2, 0) is 9.53 Å². The van der Waals surface area contributed by atoms with Crippen LogP contribution in [0.3, 0.4) is 0 Å². The van der Waals surface area contributed by atoms with E-state index >= 15 is 0 Å². The number of nitrogens with one attached hydrogen (secondary N) is 1. The molecule has 0 aromatic carbocycles. The van der Waals surface area contributed by atoms with E-state index in [4.69, 9.17) is 4.74 Å². The average molecular weight is 268 g/mol. The van der Waals surface area contributed by atoms with Crippen LogP contribution in [0.2, 0.25) is 0 Å². The Morgan fingerprint density at radius 1 is 1.50 bits per heavy atom. The highest BCUT2D eigenvalue weighted by molar-refractivity contribution is 7.10. The molecule has 1 aromatic heterocycles. The Bertz CT molecular complexity index is 470. The summed E-state index contributed by atoms with van der Waals surface area (Å²) in [4.78, 5) is 23.7. The standard InChI is InChI=1S/C12H16N2O3S/c1-7-10(11(13-2)18-14-7)12(16)17-9-6-4-3-5-8(9)15/h9,13H,3-6H2,1-2H3/t9-/m1/s1. The maximum absolute atomic E-state index is 12.1. The number of anilines is 1. The minimum Gasteiger partial charge on any atom is -0.451 e. The van der Waals surface area contributed by atoms with Gasteiger partial charge >= 0.3 is 5.97 Å². The van der Waals surface area contributed by atoms with Crippen LogP contribution >= 0.6 is 11.5 Å². The third kappa shape index (κ3) is 2.53. The van der Waals surface area contributed by atoms with Crippen LogP contribution in [0.4, 0.5) is 5.00 Å². The third-order valence-electron chi connectivity index (χ3n) is 3.04. The molecule has 1 heterocycles. The highest BCUT2D eigenvalue weighted by Crippen LogP contribution is 2.26. The van der Waals surface area contributed by atoms with Crippen molar-refractivity contribution in [2.45, 2.75) is 38.7 Å². The monoisotopic (exact) mass is 268 g/mol. The zero-order valence-corrected chi connectivity index (χ0v) is 11.3. The second-order valence-electron chi connectivity index (χ2n) is 4.33. The quantitative estimate of drug-likeness (QED) is 0.851. The van der Waals surface area contributed by atoms with Gasteiger partial charge in [-0.1, -0.05) is 0 Å². The van der Waals surface area contributed by atoms with Crippen LogP contribution in [0.25, 0.3) is 0 Å². The molecule has 0 unspecified atom stereocenters. The zero-order chi connectivity index (χ0) is 13.1. The van der Waals surface area contributed by atoms with Gasteiger partial charge in [0.2, 0.25) is 0 Å². The summed E-state index contributed by atoms with van der Waals surface area (Å²) in [5, 5.41) is 3.60. The van der Waals surface area contributed by atoms with Gasteiger partial charge in [-0.05, 0) is 37.7 Å². The third-order valence-corrected chi connectivity index (χ3v) is 4.00. The Kier molecular flexibility index (Phi) is 3.96. The smallest absolute Gasteiger partial charge is 0.343 e. The molecule has 18 heavy (non-hydrogen) atoms. The Balaban J connectivity index is 2.11. The van der Waals surface area contributed by atoms with Crippen molar-refractivity contribution < 1.29 is 14.3 Å². The topological polar surface area (TPSA) is 68.3 Å². The fourth-order valence-corrected chi connectivity index (χ4v) is 2.78. The molecular formula is C12H16N2O3S. The number of esters is 1. The number of ketones is 1. The van der Waals surface area contributed by atoms with E-state index in [9.17, 15) is 9.59 Å². The van der Waals surface area contributed by atoms with Crippen LogP contribution in [0.1, 0.15) is 41.7 Å². The fourth-order valence-electron chi connectivity index (χ4n) is 2.04. The van der Waals surface area contributed by atoms with Crippen molar-refractivity contribution in [2.24, 2.45) is 0 Å². The molecule has 1 aliphatic rings. The van der Waals surface area contributed by atoms with Gasteiger partial charge in [0.15, 0.2) is 11.9 Å². The number of carbonyl (C=O) groups is 2. The lowest BCUT2D eigenvalue weighted by Crippen LogP contribution is -2.30. The van der Waals surface area contributed by atoms with E-state index in [0.29, 0.717) is 29.1 Å². The maximum Gasteiger partial charge on any atom is 0.343 e. The Labute approximate surface area is 110 Å². The van der Waals surface area contributed by atoms with Crippen molar-refractivity contribution in [1.82, 2.24) is 4.37 Å². The van der Waals surface area contributed by atoms with Gasteiger partial charge in [0.1, 0.15) is 10.6 Å². The van der Waals surface area contributed by atoms with Crippen molar-refractivity contribution in [3.8, 4) is 0 Å². The summed E-state index contributed by atoms with van der Waals surface area (Å²) < 4.78 is 9.42. The second-order valence-corrected chi connectivity index (χ2v) is 5.10. The Morgan fingerprint density at radius 3 is 2.94 bits per heavy atom. The van der Waals surface area contributed by atoms with Gasteiger partial charge in [-0.25, -0.2) is 4.79 Å². The maximum atomic E-state index is 12.1. The summed E-state index contributed by atoms with van der Waals surface area (Å²) >= 11 is 1.22. The summed E-state index contributed by atoms with van der Waals surface area (Å²) in [6, 6.07) is 0. The van der Waals surface area contributed by atoms with Crippen molar-refractivity contribution in [2.75, 3.05) is 12.4 Å². The number of ether oxygens (including phenoxy) is 1. The van der Waals surface area contributed by atoms with Crippen LogP contribution in [0.5, 0.6) is 0 Å². The number of rotatable bonds is 3. The van der Waals surface area contributed by atoms with Crippen molar-refractivity contribution in [3.63, 3.8) is 0 Å². The molecule has 0 amide bonds. The van der Waals surface area contributed by atoms with Gasteiger partial charge < -0.3 is 10.1 Å². The predicted molar refractivity (Wildman–Crippen MR) is 69.1 cm³/mol. The van der Waals surface area contributed by atoms with Crippen molar-refractivity contribution in [1.29, 1.82) is 0 Å². The number of carbonyl (C=O) groups excluding carboxylic acids is 2. The van der Waals surface area contributed by atoms with Gasteiger partial charge in [-0.15, -0.1) is 0 Å². The lowest BCUT2D eigenvalue weighted by Gasteiger charge is -2.20. The minimum atomic E-state index is -0.574. The first-order chi connectivity index (χ1) is 8.63. The molecule has 1 aliphatic carbocycles. The Hall–Kier alpha value is -1.43. The summed E-state index contributed by atoms with van der Waals surface area (Å²) in [6.07, 6.45) is 2.40. The molecule has 1 atom stereocenters. The largest absolute Gasteiger partial charge is 0.451 e. The zero-order valence-electron chi connectivity index (χ0n) is 10.5. The van der Waals surface area contributed by atoms with Crippen LogP contribution in [0.15, 0.2) is 0 Å². The molecule has 1 aromatic rings. The lowest BCUT2D eigenvalue weighted by atomic mass is 9.96. The molecule has 6 heteroatoms. The lowest BCUT2D eigenvalue weighted by molar-refractivity contribution is -0.129. The SMILES string of the molecule is CNc1snc(C)c1C(=O)O[C@@H]1CCCCC1=O. The highest BCUT2D eigenvalue weighted by Gasteiger charge is 2.28. The molecule has 0 bridgehead atoms. The molecule has 0 saturated heterocycles. The number of Topliss-reactive ketones (excluding diaryl/α,β-unsaturated/α-hetero) is 1. The van der Waals surface area contributed by atoms with Gasteiger partial charge in [-0.2, -0.15) is 4.37 Å². The van der Waals surface area contributed by atoms with E-state index in [1.54, 1.807) is 14.0 Å². The first-order valence-corrected chi connectivity index (χ1v) is 6.78. The molecular weight excluding hydrogens is 252 g/mol. The van der Waals surface area contributed by atoms with E-state index in [0.717, 1.165) is 12.8 Å². The van der Waals surface area contributed by atoms with Gasteiger partial charge in [0.05, 0.1) is 5.69 Å². The summed E-state index contributed by atoms with van der Waals surface area (Å²) in [7, 11) is 1.73. The summed E-state index contributed by atoms with van der Waals surface area (Å²) in [5.41, 5.74) is 1.08. The molecule has 0 radical (unpaired) electrons. The molecule has 5 nitrogen and oxygen atoms in total. The summed E-state index contributed by atoms with van der Waals surface area (Å²) in [5.74, 6) is -0.424. The van der Waals surface area contributed by atoms with Gasteiger partial charge in [0, 0.05) is 13.5 Å². The fraction of sp³-hybridized carbons (Fsp3) is 0.583. The summed E-state index contributed by atoms with van der Waals surface area (Å²) in [6.45, 7) is 1.76. The number of nitrogens with zero attached hydrogens (tertiary/aromatic N) is 1. The molecule has 1 saturated carbocycles. The van der Waals surface area contributed by atoms with E-state index in [1.807, 2.05) is 0 Å². The van der Waals surface area contributed by atoms with Crippen molar-refractivity contribution in [3.05, 3.63) is 11.3 Å². The van der Waals surface area contributed by atoms with E-state index in [-0.39, 0.29) is 5.78 Å². The number of hydrogen-bond acceptors (Lipinski definition) is 6. The van der Waals surface area contributed by atoms with E-state index in [1.165, 1.54) is 11.5 Å². The normalized spacial score (nSPS) is 19.7.